The van der Waals surface area contributed by atoms with Crippen molar-refractivity contribution < 1.29 is 37.3 Å². The molecule has 0 N–H and O–H groups in total. The van der Waals surface area contributed by atoms with Gasteiger partial charge in [0.2, 0.25) is 0 Å². The lowest BCUT2D eigenvalue weighted by atomic mass is 9.95. The Morgan fingerprint density at radius 2 is 1.33 bits per heavy atom. The van der Waals surface area contributed by atoms with E-state index in [9.17, 15) is 18.4 Å². The van der Waals surface area contributed by atoms with Crippen molar-refractivity contribution in [2.75, 3.05) is 6.61 Å². The van der Waals surface area contributed by atoms with Crippen LogP contribution in [-0.4, -0.2) is 30.1 Å². The van der Waals surface area contributed by atoms with Gasteiger partial charge in [-0.15, -0.1) is 0 Å². The molecule has 3 aliphatic heterocycles. The number of ketones is 2. The topological polar surface area (TPSA) is 71.1 Å². The molecule has 42 heavy (non-hydrogen) atoms. The van der Waals surface area contributed by atoms with Gasteiger partial charge < -0.3 is 18.9 Å². The van der Waals surface area contributed by atoms with Crippen molar-refractivity contribution >= 4 is 17.1 Å². The first-order valence-corrected chi connectivity index (χ1v) is 13.4. The molecule has 7 rings (SSSR count). The van der Waals surface area contributed by atoms with Crippen LogP contribution in [0.3, 0.4) is 0 Å². The normalized spacial score (nSPS) is 19.0. The molecule has 3 aliphatic rings. The molecule has 4 aromatic carbocycles. The fourth-order valence-corrected chi connectivity index (χ4v) is 5.03. The molecule has 3 heterocycles. The Morgan fingerprint density at radius 3 is 2.05 bits per heavy atom. The molecular weight excluding hydrogens is 542 g/mol. The lowest BCUT2D eigenvalue weighted by Crippen LogP contribution is -2.21. The molecule has 0 aliphatic carbocycles. The van der Waals surface area contributed by atoms with Crippen molar-refractivity contribution in [1.29, 1.82) is 0 Å². The summed E-state index contributed by atoms with van der Waals surface area (Å²) in [6, 6.07) is 22.6. The van der Waals surface area contributed by atoms with Gasteiger partial charge in [0.1, 0.15) is 40.7 Å². The Bertz CT molecular complexity index is 1740. The molecule has 8 heteroatoms. The average molecular weight is 569 g/mol. The predicted octanol–water partition coefficient (Wildman–Crippen LogP) is 7.71. The van der Waals surface area contributed by atoms with Crippen LogP contribution in [0.4, 0.5) is 8.78 Å². The zero-order valence-corrected chi connectivity index (χ0v) is 22.9. The molecule has 0 aromatic heterocycles. The van der Waals surface area contributed by atoms with E-state index in [1.165, 1.54) is 36.4 Å². The second kappa shape index (κ2) is 11.0. The first-order valence-electron chi connectivity index (χ1n) is 13.4. The number of hydrogen-bond donors (Lipinski definition) is 0. The van der Waals surface area contributed by atoms with E-state index < -0.39 is 17.4 Å². The number of carbonyl (C=O) groups is 2. The first-order chi connectivity index (χ1) is 20.2. The van der Waals surface area contributed by atoms with Crippen LogP contribution >= 0.6 is 0 Å². The number of hydrogen-bond acceptors (Lipinski definition) is 6. The Kier molecular flexibility index (Phi) is 7.18. The zero-order chi connectivity index (χ0) is 29.4. The van der Waals surface area contributed by atoms with E-state index in [1.807, 2.05) is 50.2 Å². The van der Waals surface area contributed by atoms with Crippen LogP contribution in [0.1, 0.15) is 45.7 Å². The van der Waals surface area contributed by atoms with E-state index >= 15 is 0 Å². The standard InChI is InChI=1S/C20H17FO4.C14H9FO2/c1-20(2)23-11-13(25-20)10-15-14-5-3-4-6-17(14)24-18-8-7-12(21)9-16(18)19(15)22;15-10-5-6-14-11(8-10)12(16)7-9-3-1-2-4-13(9)17-14/h3-10,13H,11H2,1-2H3;1-6,8H,7H2/b15-10+;/t13-;/m1./s1. The molecule has 0 saturated carbocycles. The van der Waals surface area contributed by atoms with Gasteiger partial charge in [-0.05, 0) is 68.5 Å². The molecule has 0 radical (unpaired) electrons. The lowest BCUT2D eigenvalue weighted by molar-refractivity contribution is -0.133. The summed E-state index contributed by atoms with van der Waals surface area (Å²) in [5.41, 5.74) is 2.40. The summed E-state index contributed by atoms with van der Waals surface area (Å²) in [5.74, 6) is -0.0639. The van der Waals surface area contributed by atoms with Gasteiger partial charge in [0.25, 0.3) is 0 Å². The van der Waals surface area contributed by atoms with Gasteiger partial charge in [-0.1, -0.05) is 36.4 Å². The fourth-order valence-electron chi connectivity index (χ4n) is 5.03. The number of benzene rings is 4. The minimum atomic E-state index is -0.699. The highest BCUT2D eigenvalue weighted by Crippen LogP contribution is 2.40. The molecule has 212 valence electrons. The second-order valence-electron chi connectivity index (χ2n) is 10.5. The third-order valence-corrected chi connectivity index (χ3v) is 7.00. The number of para-hydroxylation sites is 2. The molecule has 0 bridgehead atoms. The number of Topliss-reactive ketones (excluding diaryl/α,β-unsaturated/α-hetero) is 2. The minimum Gasteiger partial charge on any atom is -0.456 e. The molecule has 0 spiro atoms. The Hall–Kier alpha value is -4.66. The maximum Gasteiger partial charge on any atom is 0.197 e. The molecule has 1 saturated heterocycles. The number of ether oxygens (including phenoxy) is 4. The average Bonchev–Trinajstić information content (AvgIpc) is 3.19. The highest BCUT2D eigenvalue weighted by atomic mass is 19.1. The second-order valence-corrected chi connectivity index (χ2v) is 10.5. The minimum absolute atomic E-state index is 0.121. The quantitative estimate of drug-likeness (QED) is 0.219. The van der Waals surface area contributed by atoms with Crippen molar-refractivity contribution in [3.05, 3.63) is 125 Å². The highest BCUT2D eigenvalue weighted by Gasteiger charge is 2.34. The molecule has 0 amide bonds. The molecular formula is C34H26F2O6. The fraction of sp³-hybridized carbons (Fsp3) is 0.176. The summed E-state index contributed by atoms with van der Waals surface area (Å²) < 4.78 is 49.7. The Balaban J connectivity index is 0.000000162. The Labute approximate surface area is 241 Å². The van der Waals surface area contributed by atoms with Gasteiger partial charge in [-0.25, -0.2) is 8.78 Å². The Morgan fingerprint density at radius 1 is 0.738 bits per heavy atom. The monoisotopic (exact) mass is 568 g/mol. The largest absolute Gasteiger partial charge is 0.456 e. The number of rotatable bonds is 1. The van der Waals surface area contributed by atoms with E-state index in [2.05, 4.69) is 0 Å². The van der Waals surface area contributed by atoms with Crippen molar-refractivity contribution in [2.45, 2.75) is 32.2 Å². The smallest absolute Gasteiger partial charge is 0.197 e. The van der Waals surface area contributed by atoms with Crippen LogP contribution in [0.5, 0.6) is 23.0 Å². The summed E-state index contributed by atoms with van der Waals surface area (Å²) >= 11 is 0. The molecule has 0 unspecified atom stereocenters. The maximum absolute atomic E-state index is 13.7. The summed E-state index contributed by atoms with van der Waals surface area (Å²) in [5, 5.41) is 0. The van der Waals surface area contributed by atoms with Gasteiger partial charge in [0.05, 0.1) is 17.7 Å². The third kappa shape index (κ3) is 5.59. The van der Waals surface area contributed by atoms with Gasteiger partial charge in [-0.2, -0.15) is 0 Å². The van der Waals surface area contributed by atoms with Crippen LogP contribution in [0.2, 0.25) is 0 Å². The molecule has 4 aromatic rings. The zero-order valence-electron chi connectivity index (χ0n) is 22.9. The lowest BCUT2D eigenvalue weighted by Gasteiger charge is -2.16. The first kappa shape index (κ1) is 27.5. The number of carbonyl (C=O) groups excluding carboxylic acids is 2. The van der Waals surface area contributed by atoms with E-state index in [0.29, 0.717) is 46.3 Å². The van der Waals surface area contributed by atoms with Crippen LogP contribution in [0, 0.1) is 11.6 Å². The number of allylic oxidation sites excluding steroid dienone is 1. The van der Waals surface area contributed by atoms with E-state index in [0.717, 1.165) is 5.56 Å². The van der Waals surface area contributed by atoms with Gasteiger partial charge in [0, 0.05) is 23.1 Å². The SMILES string of the molecule is CC1(C)OC[C@@H](/C=C2/C(=O)c3cc(F)ccc3Oc3ccccc32)O1.O=C1Cc2ccccc2Oc2ccc(F)cc21. The summed E-state index contributed by atoms with van der Waals surface area (Å²) in [7, 11) is 0. The van der Waals surface area contributed by atoms with Crippen molar-refractivity contribution in [2.24, 2.45) is 0 Å². The van der Waals surface area contributed by atoms with Gasteiger partial charge in [0.15, 0.2) is 17.4 Å². The molecule has 6 nitrogen and oxygen atoms in total. The van der Waals surface area contributed by atoms with Crippen molar-refractivity contribution in [3.63, 3.8) is 0 Å². The van der Waals surface area contributed by atoms with Gasteiger partial charge >= 0.3 is 0 Å². The maximum atomic E-state index is 13.7. The third-order valence-electron chi connectivity index (χ3n) is 7.00. The van der Waals surface area contributed by atoms with E-state index in [4.69, 9.17) is 18.9 Å². The highest BCUT2D eigenvalue weighted by molar-refractivity contribution is 6.31. The van der Waals surface area contributed by atoms with E-state index in [1.54, 1.807) is 18.2 Å². The van der Waals surface area contributed by atoms with Gasteiger partial charge in [-0.3, -0.25) is 9.59 Å². The van der Waals surface area contributed by atoms with Crippen LogP contribution in [-0.2, 0) is 15.9 Å². The number of fused-ring (bicyclic) bond motifs is 4. The summed E-state index contributed by atoms with van der Waals surface area (Å²) in [6.45, 7) is 3.99. The number of halogens is 2. The molecule has 1 fully saturated rings. The van der Waals surface area contributed by atoms with Crippen LogP contribution in [0.15, 0.2) is 91.0 Å². The predicted molar refractivity (Wildman–Crippen MR) is 151 cm³/mol. The summed E-state index contributed by atoms with van der Waals surface area (Å²) in [4.78, 5) is 25.1. The van der Waals surface area contributed by atoms with Crippen molar-refractivity contribution in [1.82, 2.24) is 0 Å². The van der Waals surface area contributed by atoms with Crippen LogP contribution in [0.25, 0.3) is 5.57 Å². The molecule has 1 atom stereocenters. The summed E-state index contributed by atoms with van der Waals surface area (Å²) in [6.07, 6.45) is 1.61. The van der Waals surface area contributed by atoms with Crippen molar-refractivity contribution in [3.8, 4) is 23.0 Å². The van der Waals surface area contributed by atoms with Crippen LogP contribution < -0.4 is 9.47 Å². The van der Waals surface area contributed by atoms with E-state index in [-0.39, 0.29) is 29.7 Å².